The van der Waals surface area contributed by atoms with E-state index in [1.807, 2.05) is 91.2 Å². The number of aromatic nitrogens is 1. The molecule has 2 heterocycles. The van der Waals surface area contributed by atoms with Gasteiger partial charge in [-0.25, -0.2) is 4.98 Å². The summed E-state index contributed by atoms with van der Waals surface area (Å²) in [6.45, 7) is 2.38. The standard InChI is InChI=1S/C27H23N3O2S/c1-18-7-5-12-23(13-18)30-16-21(15-25(30)31)26(32)28-22-11-6-10-20(14-22)24-17-33-27(29-24)19-8-3-2-4-9-19/h2-14,17,21H,15-16H2,1H3,(H,28,32). The summed E-state index contributed by atoms with van der Waals surface area (Å²) < 4.78 is 0. The highest BCUT2D eigenvalue weighted by Gasteiger charge is 2.35. The Hall–Kier alpha value is -3.77. The Morgan fingerprint density at radius 2 is 1.79 bits per heavy atom. The number of hydrogen-bond donors (Lipinski definition) is 1. The van der Waals surface area contributed by atoms with Crippen LogP contribution in [-0.2, 0) is 9.59 Å². The highest BCUT2D eigenvalue weighted by Crippen LogP contribution is 2.31. The van der Waals surface area contributed by atoms with Crippen LogP contribution in [0.15, 0.2) is 84.2 Å². The molecule has 1 aliphatic rings. The molecule has 0 saturated carbocycles. The van der Waals surface area contributed by atoms with Crippen LogP contribution < -0.4 is 10.2 Å². The third-order valence-corrected chi connectivity index (χ3v) is 6.65. The number of thiazole rings is 1. The Morgan fingerprint density at radius 1 is 1.00 bits per heavy atom. The van der Waals surface area contributed by atoms with Gasteiger partial charge in [0.05, 0.1) is 11.6 Å². The number of anilines is 2. The van der Waals surface area contributed by atoms with Gasteiger partial charge in [-0.05, 0) is 36.8 Å². The van der Waals surface area contributed by atoms with Crippen molar-refractivity contribution in [2.45, 2.75) is 13.3 Å². The van der Waals surface area contributed by atoms with Gasteiger partial charge >= 0.3 is 0 Å². The minimum Gasteiger partial charge on any atom is -0.326 e. The van der Waals surface area contributed by atoms with Crippen molar-refractivity contribution < 1.29 is 9.59 Å². The van der Waals surface area contributed by atoms with E-state index in [2.05, 4.69) is 5.32 Å². The summed E-state index contributed by atoms with van der Waals surface area (Å²) in [6.07, 6.45) is 0.214. The maximum atomic E-state index is 12.9. The maximum absolute atomic E-state index is 12.9. The van der Waals surface area contributed by atoms with Crippen molar-refractivity contribution >= 4 is 34.5 Å². The molecule has 2 amide bonds. The van der Waals surface area contributed by atoms with Crippen molar-refractivity contribution in [3.8, 4) is 21.8 Å². The number of carbonyl (C=O) groups is 2. The Balaban J connectivity index is 1.29. The number of nitrogens with one attached hydrogen (secondary N) is 1. The van der Waals surface area contributed by atoms with Crippen LogP contribution in [0.1, 0.15) is 12.0 Å². The number of amides is 2. The molecule has 0 spiro atoms. The molecule has 5 nitrogen and oxygen atoms in total. The topological polar surface area (TPSA) is 62.3 Å². The zero-order valence-corrected chi connectivity index (χ0v) is 19.0. The molecule has 6 heteroatoms. The van der Waals surface area contributed by atoms with Crippen LogP contribution in [0.4, 0.5) is 11.4 Å². The summed E-state index contributed by atoms with van der Waals surface area (Å²) in [5.41, 5.74) is 5.53. The van der Waals surface area contributed by atoms with E-state index in [4.69, 9.17) is 4.98 Å². The molecule has 33 heavy (non-hydrogen) atoms. The van der Waals surface area contributed by atoms with Gasteiger partial charge in [0.15, 0.2) is 0 Å². The zero-order chi connectivity index (χ0) is 22.8. The largest absolute Gasteiger partial charge is 0.326 e. The van der Waals surface area contributed by atoms with E-state index < -0.39 is 0 Å². The van der Waals surface area contributed by atoms with Crippen molar-refractivity contribution in [2.24, 2.45) is 5.92 Å². The molecule has 1 aromatic heterocycles. The molecule has 0 bridgehead atoms. The number of nitrogens with zero attached hydrogens (tertiary/aromatic N) is 2. The number of benzene rings is 3. The third-order valence-electron chi connectivity index (χ3n) is 5.76. The quantitative estimate of drug-likeness (QED) is 0.417. The van der Waals surface area contributed by atoms with Crippen molar-refractivity contribution in [3.05, 3.63) is 89.8 Å². The SMILES string of the molecule is Cc1cccc(N2CC(C(=O)Nc3cccc(-c4csc(-c5ccccc5)n4)c3)CC2=O)c1. The van der Waals surface area contributed by atoms with Crippen LogP contribution in [0.25, 0.3) is 21.8 Å². The maximum Gasteiger partial charge on any atom is 0.229 e. The molecule has 1 aliphatic heterocycles. The summed E-state index contributed by atoms with van der Waals surface area (Å²) in [5.74, 6) is -0.546. The lowest BCUT2D eigenvalue weighted by Crippen LogP contribution is -2.28. The summed E-state index contributed by atoms with van der Waals surface area (Å²) >= 11 is 1.60. The molecule has 3 aromatic carbocycles. The average Bonchev–Trinajstić information content (AvgIpc) is 3.47. The lowest BCUT2D eigenvalue weighted by atomic mass is 10.1. The third kappa shape index (κ3) is 4.56. The van der Waals surface area contributed by atoms with Crippen LogP contribution in [-0.4, -0.2) is 23.3 Å². The first-order valence-electron chi connectivity index (χ1n) is 10.9. The van der Waals surface area contributed by atoms with E-state index in [0.717, 1.165) is 33.1 Å². The molecule has 1 fully saturated rings. The second kappa shape index (κ2) is 9.00. The number of aryl methyl sites for hydroxylation is 1. The first-order valence-corrected chi connectivity index (χ1v) is 11.7. The molecule has 1 saturated heterocycles. The summed E-state index contributed by atoms with van der Waals surface area (Å²) in [5, 5.41) is 5.98. The van der Waals surface area contributed by atoms with Crippen LogP contribution >= 0.6 is 11.3 Å². The smallest absolute Gasteiger partial charge is 0.229 e. The van der Waals surface area contributed by atoms with Gasteiger partial charge in [-0.2, -0.15) is 0 Å². The zero-order valence-electron chi connectivity index (χ0n) is 18.2. The van der Waals surface area contributed by atoms with Gasteiger partial charge in [-0.3, -0.25) is 9.59 Å². The summed E-state index contributed by atoms with van der Waals surface area (Å²) in [7, 11) is 0. The van der Waals surface area contributed by atoms with Crippen LogP contribution in [0.5, 0.6) is 0 Å². The predicted molar refractivity (Wildman–Crippen MR) is 133 cm³/mol. The van der Waals surface area contributed by atoms with E-state index >= 15 is 0 Å². The van der Waals surface area contributed by atoms with Gasteiger partial charge < -0.3 is 10.2 Å². The number of hydrogen-bond acceptors (Lipinski definition) is 4. The molecule has 1 atom stereocenters. The number of carbonyl (C=O) groups excluding carboxylic acids is 2. The lowest BCUT2D eigenvalue weighted by Gasteiger charge is -2.17. The molecule has 4 aromatic rings. The first kappa shape index (κ1) is 21.1. The fourth-order valence-electron chi connectivity index (χ4n) is 4.05. The summed E-state index contributed by atoms with van der Waals surface area (Å²) in [4.78, 5) is 32.0. The molecule has 1 N–H and O–H groups in total. The molecular weight excluding hydrogens is 430 g/mol. The molecule has 1 unspecified atom stereocenters. The first-order chi connectivity index (χ1) is 16.1. The van der Waals surface area contributed by atoms with Crippen LogP contribution in [0, 0.1) is 12.8 Å². The monoisotopic (exact) mass is 453 g/mol. The van der Waals surface area contributed by atoms with E-state index in [-0.39, 0.29) is 24.2 Å². The van der Waals surface area contributed by atoms with Gasteiger partial charge in [0.2, 0.25) is 11.8 Å². The van der Waals surface area contributed by atoms with Gasteiger partial charge in [0.1, 0.15) is 5.01 Å². The molecule has 164 valence electrons. The molecule has 5 rings (SSSR count). The minimum absolute atomic E-state index is 0.0228. The fraction of sp³-hybridized carbons (Fsp3) is 0.148. The summed E-state index contributed by atoms with van der Waals surface area (Å²) in [6, 6.07) is 25.6. The van der Waals surface area contributed by atoms with Crippen molar-refractivity contribution in [1.29, 1.82) is 0 Å². The van der Waals surface area contributed by atoms with Crippen LogP contribution in [0.3, 0.4) is 0 Å². The second-order valence-corrected chi connectivity index (χ2v) is 9.08. The normalized spacial score (nSPS) is 15.6. The molecule has 0 aliphatic carbocycles. The Kier molecular flexibility index (Phi) is 5.75. The Bertz CT molecular complexity index is 1320. The highest BCUT2D eigenvalue weighted by molar-refractivity contribution is 7.13. The van der Waals surface area contributed by atoms with E-state index in [1.54, 1.807) is 16.2 Å². The minimum atomic E-state index is -0.384. The van der Waals surface area contributed by atoms with Gasteiger partial charge in [-0.15, -0.1) is 11.3 Å². The van der Waals surface area contributed by atoms with Crippen molar-refractivity contribution in [3.63, 3.8) is 0 Å². The van der Waals surface area contributed by atoms with Gasteiger partial charge in [-0.1, -0.05) is 54.6 Å². The lowest BCUT2D eigenvalue weighted by molar-refractivity contribution is -0.122. The van der Waals surface area contributed by atoms with Crippen molar-refractivity contribution in [1.82, 2.24) is 4.98 Å². The Labute approximate surface area is 196 Å². The second-order valence-electron chi connectivity index (χ2n) is 8.22. The number of rotatable bonds is 5. The predicted octanol–water partition coefficient (Wildman–Crippen LogP) is 5.78. The van der Waals surface area contributed by atoms with E-state index in [9.17, 15) is 9.59 Å². The average molecular weight is 454 g/mol. The molecular formula is C27H23N3O2S. The highest BCUT2D eigenvalue weighted by atomic mass is 32.1. The Morgan fingerprint density at radius 3 is 2.61 bits per heavy atom. The molecule has 0 radical (unpaired) electrons. The van der Waals surface area contributed by atoms with Gasteiger partial charge in [0.25, 0.3) is 0 Å². The fourth-order valence-corrected chi connectivity index (χ4v) is 4.88. The van der Waals surface area contributed by atoms with Crippen LogP contribution in [0.2, 0.25) is 0 Å². The van der Waals surface area contributed by atoms with Gasteiger partial charge in [0, 0.05) is 40.8 Å². The van der Waals surface area contributed by atoms with E-state index in [1.165, 1.54) is 0 Å². The van der Waals surface area contributed by atoms with E-state index in [0.29, 0.717) is 12.2 Å². The van der Waals surface area contributed by atoms with Crippen molar-refractivity contribution in [2.75, 3.05) is 16.8 Å².